The smallest absolute Gasteiger partial charge is 0.239 e. The molecule has 1 saturated heterocycles. The molecule has 0 saturated carbocycles. The van der Waals surface area contributed by atoms with E-state index < -0.39 is 6.10 Å². The van der Waals surface area contributed by atoms with Crippen LogP contribution in [0.4, 0.5) is 5.95 Å². The Kier molecular flexibility index (Phi) is 3.89. The highest BCUT2D eigenvalue weighted by Crippen LogP contribution is 2.22. The molecule has 1 atom stereocenters. The largest absolute Gasteiger partial charge is 0.385 e. The normalized spacial score (nSPS) is 16.9. The molecular formula is C13H17N5O2S. The van der Waals surface area contributed by atoms with Crippen molar-refractivity contribution < 1.29 is 9.90 Å². The fourth-order valence-electron chi connectivity index (χ4n) is 2.37. The maximum atomic E-state index is 11.6. The monoisotopic (exact) mass is 307 g/mol. The fourth-order valence-corrected chi connectivity index (χ4v) is 3.06. The molecule has 1 aliphatic heterocycles. The summed E-state index contributed by atoms with van der Waals surface area (Å²) in [5.41, 5.74) is 0. The quantitative estimate of drug-likeness (QED) is 0.853. The first kappa shape index (κ1) is 14.0. The second kappa shape index (κ2) is 5.82. The van der Waals surface area contributed by atoms with Gasteiger partial charge in [-0.3, -0.25) is 9.36 Å². The van der Waals surface area contributed by atoms with Crippen LogP contribution < -0.4 is 10.2 Å². The summed E-state index contributed by atoms with van der Waals surface area (Å²) in [6.07, 6.45) is -0.704. The van der Waals surface area contributed by atoms with Gasteiger partial charge in [0.25, 0.3) is 0 Å². The van der Waals surface area contributed by atoms with E-state index in [2.05, 4.69) is 15.5 Å². The number of amides is 1. The van der Waals surface area contributed by atoms with Gasteiger partial charge in [-0.1, -0.05) is 6.07 Å². The Bertz CT molecular complexity index is 623. The summed E-state index contributed by atoms with van der Waals surface area (Å²) in [4.78, 5) is 14.6. The van der Waals surface area contributed by atoms with Gasteiger partial charge in [0.2, 0.25) is 11.9 Å². The molecular weight excluding hydrogens is 290 g/mol. The first-order chi connectivity index (χ1) is 10.1. The molecule has 2 N–H and O–H groups in total. The minimum atomic E-state index is -0.704. The maximum Gasteiger partial charge on any atom is 0.239 e. The lowest BCUT2D eigenvalue weighted by Crippen LogP contribution is -2.48. The number of thiophene rings is 1. The SMILES string of the molecule is C[C@@H](O)c1nnc(N2CCNC(=O)C2)n1Cc1cccs1. The third-order valence-corrected chi connectivity index (χ3v) is 4.21. The number of aromatic nitrogens is 3. The third-order valence-electron chi connectivity index (χ3n) is 3.35. The Hall–Kier alpha value is -1.93. The summed E-state index contributed by atoms with van der Waals surface area (Å²) in [5, 5.41) is 22.9. The summed E-state index contributed by atoms with van der Waals surface area (Å²) >= 11 is 1.64. The van der Waals surface area contributed by atoms with Gasteiger partial charge in [-0.15, -0.1) is 21.5 Å². The highest BCUT2D eigenvalue weighted by atomic mass is 32.1. The Morgan fingerprint density at radius 3 is 3.05 bits per heavy atom. The molecule has 0 bridgehead atoms. The van der Waals surface area contributed by atoms with Crippen molar-refractivity contribution in [1.29, 1.82) is 0 Å². The molecule has 0 aromatic carbocycles. The van der Waals surface area contributed by atoms with E-state index in [1.165, 1.54) is 0 Å². The summed E-state index contributed by atoms with van der Waals surface area (Å²) in [5.74, 6) is 1.13. The average Bonchev–Trinajstić information content (AvgIpc) is 3.08. The van der Waals surface area contributed by atoms with E-state index in [1.807, 2.05) is 27.0 Å². The van der Waals surface area contributed by atoms with E-state index in [4.69, 9.17) is 0 Å². The number of carbonyl (C=O) groups is 1. The molecule has 0 radical (unpaired) electrons. The van der Waals surface area contributed by atoms with Crippen molar-refractivity contribution in [3.8, 4) is 0 Å². The predicted molar refractivity (Wildman–Crippen MR) is 79.3 cm³/mol. The van der Waals surface area contributed by atoms with Gasteiger partial charge < -0.3 is 15.3 Å². The number of piperazine rings is 1. The van der Waals surface area contributed by atoms with Gasteiger partial charge in [0.15, 0.2) is 5.82 Å². The summed E-state index contributed by atoms with van der Waals surface area (Å²) < 4.78 is 1.88. The zero-order valence-corrected chi connectivity index (χ0v) is 12.5. The lowest BCUT2D eigenvalue weighted by Gasteiger charge is -2.27. The van der Waals surface area contributed by atoms with Crippen molar-refractivity contribution in [3.63, 3.8) is 0 Å². The van der Waals surface area contributed by atoms with Gasteiger partial charge >= 0.3 is 0 Å². The van der Waals surface area contributed by atoms with E-state index >= 15 is 0 Å². The van der Waals surface area contributed by atoms with Crippen molar-refractivity contribution in [2.24, 2.45) is 0 Å². The molecule has 112 valence electrons. The van der Waals surface area contributed by atoms with Gasteiger partial charge in [-0.2, -0.15) is 0 Å². The summed E-state index contributed by atoms with van der Waals surface area (Å²) in [6.45, 7) is 3.81. The van der Waals surface area contributed by atoms with Crippen LogP contribution in [0.1, 0.15) is 23.7 Å². The van der Waals surface area contributed by atoms with Crippen LogP contribution in [0, 0.1) is 0 Å². The second-order valence-electron chi connectivity index (χ2n) is 4.97. The Labute approximate surface area is 126 Å². The van der Waals surface area contributed by atoms with E-state index in [1.54, 1.807) is 18.3 Å². The molecule has 0 aliphatic carbocycles. The molecule has 0 spiro atoms. The van der Waals surface area contributed by atoms with Gasteiger partial charge in [0.05, 0.1) is 13.1 Å². The van der Waals surface area contributed by atoms with E-state index in [9.17, 15) is 9.90 Å². The van der Waals surface area contributed by atoms with Gasteiger partial charge in [0.1, 0.15) is 6.10 Å². The number of nitrogens with one attached hydrogen (secondary N) is 1. The Morgan fingerprint density at radius 2 is 2.38 bits per heavy atom. The molecule has 2 aromatic heterocycles. The lowest BCUT2D eigenvalue weighted by atomic mass is 10.3. The van der Waals surface area contributed by atoms with Crippen molar-refractivity contribution in [1.82, 2.24) is 20.1 Å². The molecule has 2 aromatic rings. The zero-order valence-electron chi connectivity index (χ0n) is 11.7. The predicted octanol–water partition coefficient (Wildman–Crippen LogP) is 0.377. The molecule has 3 rings (SSSR count). The number of nitrogens with zero attached hydrogens (tertiary/aromatic N) is 4. The Balaban J connectivity index is 1.94. The third kappa shape index (κ3) is 2.91. The van der Waals surface area contributed by atoms with Crippen LogP contribution in [-0.2, 0) is 11.3 Å². The Morgan fingerprint density at radius 1 is 1.52 bits per heavy atom. The minimum Gasteiger partial charge on any atom is -0.385 e. The minimum absolute atomic E-state index is 0.0227. The van der Waals surface area contributed by atoms with Crippen LogP contribution >= 0.6 is 11.3 Å². The number of anilines is 1. The van der Waals surface area contributed by atoms with Crippen molar-refractivity contribution in [2.45, 2.75) is 19.6 Å². The maximum absolute atomic E-state index is 11.6. The number of carbonyl (C=O) groups excluding carboxylic acids is 1. The van der Waals surface area contributed by atoms with E-state index in [0.29, 0.717) is 31.4 Å². The fraction of sp³-hybridized carbons (Fsp3) is 0.462. The molecule has 21 heavy (non-hydrogen) atoms. The average molecular weight is 307 g/mol. The van der Waals surface area contributed by atoms with Crippen LogP contribution in [0.15, 0.2) is 17.5 Å². The highest BCUT2D eigenvalue weighted by Gasteiger charge is 2.24. The molecule has 8 heteroatoms. The summed E-state index contributed by atoms with van der Waals surface area (Å²) in [6, 6.07) is 4.02. The highest BCUT2D eigenvalue weighted by molar-refractivity contribution is 7.09. The number of hydrogen-bond donors (Lipinski definition) is 2. The first-order valence-electron chi connectivity index (χ1n) is 6.80. The van der Waals surface area contributed by atoms with Gasteiger partial charge in [-0.25, -0.2) is 0 Å². The van der Waals surface area contributed by atoms with E-state index in [0.717, 1.165) is 4.88 Å². The van der Waals surface area contributed by atoms with Crippen molar-refractivity contribution >= 4 is 23.2 Å². The second-order valence-corrected chi connectivity index (χ2v) is 6.00. The molecule has 7 nitrogen and oxygen atoms in total. The van der Waals surface area contributed by atoms with Crippen LogP contribution in [0.25, 0.3) is 0 Å². The summed E-state index contributed by atoms with van der Waals surface area (Å²) in [7, 11) is 0. The standard InChI is InChI=1S/C13H17N5O2S/c1-9(19)12-15-16-13(17-5-4-14-11(20)8-17)18(12)7-10-3-2-6-21-10/h2-3,6,9,19H,4-5,7-8H2,1H3,(H,14,20)/t9-/m1/s1. The number of aliphatic hydroxyl groups is 1. The van der Waals surface area contributed by atoms with Crippen LogP contribution in [0.2, 0.25) is 0 Å². The lowest BCUT2D eigenvalue weighted by molar-refractivity contribution is -0.120. The molecule has 0 unspecified atom stereocenters. The molecule has 1 amide bonds. The van der Waals surface area contributed by atoms with Crippen LogP contribution in [0.3, 0.4) is 0 Å². The van der Waals surface area contributed by atoms with Crippen LogP contribution in [-0.4, -0.2) is 45.4 Å². The van der Waals surface area contributed by atoms with E-state index in [-0.39, 0.29) is 12.5 Å². The zero-order chi connectivity index (χ0) is 14.8. The van der Waals surface area contributed by atoms with Crippen molar-refractivity contribution in [2.75, 3.05) is 24.5 Å². The first-order valence-corrected chi connectivity index (χ1v) is 7.68. The van der Waals surface area contributed by atoms with Crippen molar-refractivity contribution in [3.05, 3.63) is 28.2 Å². The molecule has 1 fully saturated rings. The molecule has 3 heterocycles. The topological polar surface area (TPSA) is 83.3 Å². The van der Waals surface area contributed by atoms with Gasteiger partial charge in [0, 0.05) is 18.0 Å². The number of aliphatic hydroxyl groups excluding tert-OH is 1. The molecule has 1 aliphatic rings. The number of hydrogen-bond acceptors (Lipinski definition) is 6. The van der Waals surface area contributed by atoms with Crippen LogP contribution in [0.5, 0.6) is 0 Å². The number of rotatable bonds is 4. The van der Waals surface area contributed by atoms with Gasteiger partial charge in [-0.05, 0) is 18.4 Å².